The normalized spacial score (nSPS) is 30.0. The predicted molar refractivity (Wildman–Crippen MR) is 53.1 cm³/mol. The van der Waals surface area contributed by atoms with Crippen molar-refractivity contribution in [3.63, 3.8) is 0 Å². The fraction of sp³-hybridized carbons (Fsp3) is 0.818. The molecule has 0 N–H and O–H groups in total. The molecule has 1 aliphatic carbocycles. The molecule has 2 nitrogen and oxygen atoms in total. The summed E-state index contributed by atoms with van der Waals surface area (Å²) in [6.07, 6.45) is 2.14. The van der Waals surface area contributed by atoms with E-state index in [0.29, 0.717) is 11.8 Å². The maximum Gasteiger partial charge on any atom is 2.00 e. The molecule has 0 saturated heterocycles. The monoisotopic (exact) mass is 274 g/mol. The Balaban J connectivity index is 0.00000169. The van der Waals surface area contributed by atoms with Gasteiger partial charge in [0.1, 0.15) is 0 Å². The Morgan fingerprint density at radius 2 is 1.43 bits per heavy atom. The van der Waals surface area contributed by atoms with Crippen molar-refractivity contribution in [2.45, 2.75) is 12.8 Å². The Kier molecular flexibility index (Phi) is 6.77. The first kappa shape index (κ1) is 14.8. The Labute approximate surface area is 107 Å². The molecule has 1 aliphatic rings. The minimum Gasteiger partial charge on any atom is -0.384 e. The molecule has 0 radical (unpaired) electrons. The number of methoxy groups -OCH3 is 2. The van der Waals surface area contributed by atoms with Gasteiger partial charge in [0, 0.05) is 19.6 Å². The molecular weight excluding hydrogens is 255 g/mol. The minimum atomic E-state index is 0. The van der Waals surface area contributed by atoms with Crippen molar-refractivity contribution in [2.75, 3.05) is 27.4 Å². The molecule has 1 saturated carbocycles. The second-order valence-corrected chi connectivity index (χ2v) is 4.29. The van der Waals surface area contributed by atoms with Gasteiger partial charge in [-0.15, -0.1) is 0 Å². The van der Waals surface area contributed by atoms with Gasteiger partial charge >= 0.3 is 26.2 Å². The maximum atomic E-state index is 5.24. The first-order valence-corrected chi connectivity index (χ1v) is 4.77. The van der Waals surface area contributed by atoms with Crippen LogP contribution < -0.4 is 0 Å². The zero-order valence-corrected chi connectivity index (χ0v) is 11.7. The van der Waals surface area contributed by atoms with Crippen LogP contribution in [0.3, 0.4) is 0 Å². The fourth-order valence-electron chi connectivity index (χ4n) is 2.42. The molecule has 0 bridgehead atoms. The van der Waals surface area contributed by atoms with Gasteiger partial charge in [0.15, 0.2) is 0 Å². The SMILES string of the molecule is [CH2-][C@@H]1CC(COC)(COC)C[C@H]1[CH2-].[Zr+2]. The zero-order chi connectivity index (χ0) is 9.90. The third-order valence-corrected chi connectivity index (χ3v) is 2.96. The van der Waals surface area contributed by atoms with E-state index in [1.165, 1.54) is 0 Å². The van der Waals surface area contributed by atoms with Gasteiger partial charge in [0.05, 0.1) is 13.2 Å². The van der Waals surface area contributed by atoms with Crippen LogP contribution in [-0.4, -0.2) is 27.4 Å². The van der Waals surface area contributed by atoms with Crippen LogP contribution in [-0.2, 0) is 35.7 Å². The Morgan fingerprint density at radius 1 is 1.07 bits per heavy atom. The molecule has 0 amide bonds. The van der Waals surface area contributed by atoms with Crippen molar-refractivity contribution in [3.8, 4) is 0 Å². The molecule has 80 valence electrons. The smallest absolute Gasteiger partial charge is 0.384 e. The molecule has 0 unspecified atom stereocenters. The standard InChI is InChI=1S/C11H20O2.Zr/c1-9-5-11(7-12-3,8-13-4)6-10(9)2;/h9-10H,1-2,5-8H2,3-4H3;/q-2;+2/t9-,10-;/m1./s1. The number of hydrogen-bond acceptors (Lipinski definition) is 2. The van der Waals surface area contributed by atoms with Gasteiger partial charge in [0.2, 0.25) is 0 Å². The largest absolute Gasteiger partial charge is 2.00 e. The summed E-state index contributed by atoms with van der Waals surface area (Å²) in [6.45, 7) is 9.73. The van der Waals surface area contributed by atoms with Crippen LogP contribution in [0, 0.1) is 31.1 Å². The van der Waals surface area contributed by atoms with Gasteiger partial charge in [-0.2, -0.15) is 11.8 Å². The van der Waals surface area contributed by atoms with Crippen LogP contribution in [0.4, 0.5) is 0 Å². The van der Waals surface area contributed by atoms with E-state index in [-0.39, 0.29) is 31.6 Å². The molecule has 0 aromatic rings. The molecule has 3 heteroatoms. The summed E-state index contributed by atoms with van der Waals surface area (Å²) >= 11 is 0. The quantitative estimate of drug-likeness (QED) is 0.730. The topological polar surface area (TPSA) is 18.5 Å². The second kappa shape index (κ2) is 6.40. The number of rotatable bonds is 4. The van der Waals surface area contributed by atoms with Crippen molar-refractivity contribution < 1.29 is 35.7 Å². The maximum absolute atomic E-state index is 5.24. The molecule has 0 aliphatic heterocycles. The molecule has 0 heterocycles. The van der Waals surface area contributed by atoms with Crippen molar-refractivity contribution in [3.05, 3.63) is 13.8 Å². The summed E-state index contributed by atoms with van der Waals surface area (Å²) < 4.78 is 10.5. The summed E-state index contributed by atoms with van der Waals surface area (Å²) in [4.78, 5) is 0. The van der Waals surface area contributed by atoms with Gasteiger partial charge in [-0.1, -0.05) is 12.8 Å². The van der Waals surface area contributed by atoms with Crippen LogP contribution in [0.5, 0.6) is 0 Å². The van der Waals surface area contributed by atoms with E-state index < -0.39 is 0 Å². The zero-order valence-electron chi connectivity index (χ0n) is 9.21. The van der Waals surface area contributed by atoms with Crippen LogP contribution in [0.2, 0.25) is 0 Å². The Bertz CT molecular complexity index is 143. The molecule has 14 heavy (non-hydrogen) atoms. The van der Waals surface area contributed by atoms with Gasteiger partial charge in [0.25, 0.3) is 0 Å². The molecule has 0 aromatic heterocycles. The average Bonchev–Trinajstić information content (AvgIpc) is 2.29. The summed E-state index contributed by atoms with van der Waals surface area (Å²) in [7, 11) is 3.48. The molecular formula is C11H20O2Zr. The van der Waals surface area contributed by atoms with Gasteiger partial charge in [-0.25, -0.2) is 0 Å². The molecule has 1 rings (SSSR count). The minimum absolute atomic E-state index is 0. The van der Waals surface area contributed by atoms with Crippen molar-refractivity contribution >= 4 is 0 Å². The molecule has 2 atom stereocenters. The van der Waals surface area contributed by atoms with Crippen LogP contribution in [0.25, 0.3) is 0 Å². The van der Waals surface area contributed by atoms with Crippen molar-refractivity contribution in [1.82, 2.24) is 0 Å². The second-order valence-electron chi connectivity index (χ2n) is 4.29. The number of hydrogen-bond donors (Lipinski definition) is 0. The molecule has 0 spiro atoms. The average molecular weight is 276 g/mol. The van der Waals surface area contributed by atoms with Gasteiger partial charge < -0.3 is 23.3 Å². The molecule has 1 fully saturated rings. The fourth-order valence-corrected chi connectivity index (χ4v) is 2.42. The van der Waals surface area contributed by atoms with Crippen molar-refractivity contribution in [2.24, 2.45) is 17.3 Å². The van der Waals surface area contributed by atoms with E-state index in [1.54, 1.807) is 14.2 Å². The summed E-state index contributed by atoms with van der Waals surface area (Å²) in [6, 6.07) is 0. The third-order valence-electron chi connectivity index (χ3n) is 2.96. The Hall–Kier alpha value is 0.803. The predicted octanol–water partition coefficient (Wildman–Crippen LogP) is 1.96. The summed E-state index contributed by atoms with van der Waals surface area (Å²) in [5, 5.41) is 0. The van der Waals surface area contributed by atoms with E-state index in [9.17, 15) is 0 Å². The Morgan fingerprint density at radius 3 is 1.71 bits per heavy atom. The summed E-state index contributed by atoms with van der Waals surface area (Å²) in [5.74, 6) is 0.899. The molecule has 0 aromatic carbocycles. The first-order valence-electron chi connectivity index (χ1n) is 4.77. The first-order chi connectivity index (χ1) is 6.13. The van der Waals surface area contributed by atoms with Crippen molar-refractivity contribution in [1.29, 1.82) is 0 Å². The van der Waals surface area contributed by atoms with E-state index in [2.05, 4.69) is 13.8 Å². The summed E-state index contributed by atoms with van der Waals surface area (Å²) in [5.41, 5.74) is 0.169. The van der Waals surface area contributed by atoms with E-state index in [1.807, 2.05) is 0 Å². The van der Waals surface area contributed by atoms with Gasteiger partial charge in [-0.3, -0.25) is 0 Å². The third kappa shape index (κ3) is 3.43. The van der Waals surface area contributed by atoms with E-state index in [0.717, 1.165) is 26.1 Å². The van der Waals surface area contributed by atoms with Gasteiger partial charge in [-0.05, 0) is 0 Å². The van der Waals surface area contributed by atoms with E-state index in [4.69, 9.17) is 9.47 Å². The van der Waals surface area contributed by atoms with Crippen LogP contribution >= 0.6 is 0 Å². The van der Waals surface area contributed by atoms with Crippen LogP contribution in [0.15, 0.2) is 0 Å². The van der Waals surface area contributed by atoms with E-state index >= 15 is 0 Å². The number of ether oxygens (including phenoxy) is 2. The van der Waals surface area contributed by atoms with Crippen LogP contribution in [0.1, 0.15) is 12.8 Å².